The molecule has 1 N–H and O–H groups in total. The monoisotopic (exact) mass is 270 g/mol. The maximum absolute atomic E-state index is 10.7. The highest BCUT2D eigenvalue weighted by Crippen LogP contribution is 2.22. The molecule has 0 amide bonds. The summed E-state index contributed by atoms with van der Waals surface area (Å²) >= 11 is 0. The van der Waals surface area contributed by atoms with E-state index in [9.17, 15) is 4.79 Å². The smallest absolute Gasteiger partial charge is 0.303 e. The van der Waals surface area contributed by atoms with Crippen LogP contribution in [0, 0.1) is 12.3 Å². The zero-order valence-corrected chi connectivity index (χ0v) is 11.8. The maximum Gasteiger partial charge on any atom is 0.303 e. The van der Waals surface area contributed by atoms with Gasteiger partial charge in [0.05, 0.1) is 24.0 Å². The van der Waals surface area contributed by atoms with Crippen molar-refractivity contribution in [2.45, 2.75) is 39.2 Å². The van der Waals surface area contributed by atoms with E-state index in [2.05, 4.69) is 36.9 Å². The average Bonchev–Trinajstić information content (AvgIpc) is 2.74. The van der Waals surface area contributed by atoms with Gasteiger partial charge in [-0.25, -0.2) is 4.98 Å². The van der Waals surface area contributed by atoms with Crippen molar-refractivity contribution in [3.63, 3.8) is 0 Å². The van der Waals surface area contributed by atoms with Gasteiger partial charge in [-0.15, -0.1) is 6.42 Å². The number of aromatic nitrogens is 2. The molecule has 1 aromatic heterocycles. The van der Waals surface area contributed by atoms with E-state index in [1.807, 2.05) is 10.6 Å². The topological polar surface area (TPSA) is 55.1 Å². The first-order valence-electron chi connectivity index (χ1n) is 6.67. The van der Waals surface area contributed by atoms with Crippen LogP contribution < -0.4 is 0 Å². The third-order valence-electron chi connectivity index (χ3n) is 3.33. The number of carbonyl (C=O) groups is 1. The van der Waals surface area contributed by atoms with Crippen molar-refractivity contribution in [2.75, 3.05) is 0 Å². The Balaban J connectivity index is 2.47. The number of nitrogens with zero attached hydrogens (tertiary/aromatic N) is 2. The molecule has 0 aliphatic carbocycles. The molecule has 0 aliphatic heterocycles. The molecular formula is C16H18N2O2. The van der Waals surface area contributed by atoms with Gasteiger partial charge in [-0.2, -0.15) is 0 Å². The highest BCUT2D eigenvalue weighted by atomic mass is 16.4. The first-order chi connectivity index (χ1) is 9.52. The molecule has 2 aromatic rings. The van der Waals surface area contributed by atoms with E-state index in [1.165, 1.54) is 5.56 Å². The molecule has 0 spiro atoms. The summed E-state index contributed by atoms with van der Waals surface area (Å²) in [5, 5.41) is 8.81. The number of aliphatic carboxylic acids is 1. The lowest BCUT2D eigenvalue weighted by Crippen LogP contribution is -2.06. The first kappa shape index (κ1) is 14.1. The molecule has 1 heterocycles. The van der Waals surface area contributed by atoms with Crippen LogP contribution in [-0.4, -0.2) is 20.6 Å². The second-order valence-electron chi connectivity index (χ2n) is 5.11. The number of benzene rings is 1. The van der Waals surface area contributed by atoms with E-state index in [1.54, 1.807) is 0 Å². The molecule has 4 heteroatoms. The quantitative estimate of drug-likeness (QED) is 0.850. The fraction of sp³-hybridized carbons (Fsp3) is 0.375. The van der Waals surface area contributed by atoms with Crippen LogP contribution in [0.3, 0.4) is 0 Å². The lowest BCUT2D eigenvalue weighted by Gasteiger charge is -2.06. The molecule has 0 saturated carbocycles. The van der Waals surface area contributed by atoms with E-state index < -0.39 is 5.97 Å². The van der Waals surface area contributed by atoms with Crippen molar-refractivity contribution >= 4 is 17.0 Å². The third-order valence-corrected chi connectivity index (χ3v) is 3.33. The fourth-order valence-electron chi connectivity index (χ4n) is 2.23. The molecule has 0 saturated heterocycles. The standard InChI is InChI=1S/C16H18N2O2/c1-4-9-18-14-6-5-12(11(2)3)10-13(14)17-15(18)7-8-16(19)20/h1,5-6,10-11H,7-9H2,2-3H3,(H,19,20). The van der Waals surface area contributed by atoms with Crippen LogP contribution in [-0.2, 0) is 17.8 Å². The van der Waals surface area contributed by atoms with Gasteiger partial charge in [-0.3, -0.25) is 4.79 Å². The van der Waals surface area contributed by atoms with E-state index in [0.29, 0.717) is 18.9 Å². The summed E-state index contributed by atoms with van der Waals surface area (Å²) in [5.74, 6) is 2.94. The Morgan fingerprint density at radius 1 is 1.50 bits per heavy atom. The Kier molecular flexibility index (Phi) is 4.09. The molecule has 0 radical (unpaired) electrons. The van der Waals surface area contributed by atoms with Crippen molar-refractivity contribution in [1.29, 1.82) is 0 Å². The summed E-state index contributed by atoms with van der Waals surface area (Å²) < 4.78 is 1.92. The molecule has 4 nitrogen and oxygen atoms in total. The second kappa shape index (κ2) is 5.79. The van der Waals surface area contributed by atoms with Crippen LogP contribution in [0.4, 0.5) is 0 Å². The number of terminal acetylenes is 1. The number of aryl methyl sites for hydroxylation is 1. The Labute approximate surface area is 118 Å². The minimum absolute atomic E-state index is 0.0604. The molecule has 0 aliphatic rings. The summed E-state index contributed by atoms with van der Waals surface area (Å²) in [7, 11) is 0. The van der Waals surface area contributed by atoms with Crippen molar-refractivity contribution in [2.24, 2.45) is 0 Å². The number of hydrogen-bond donors (Lipinski definition) is 1. The fourth-order valence-corrected chi connectivity index (χ4v) is 2.23. The molecule has 0 atom stereocenters. The molecule has 0 fully saturated rings. The van der Waals surface area contributed by atoms with Crippen molar-refractivity contribution < 1.29 is 9.90 Å². The van der Waals surface area contributed by atoms with Gasteiger partial charge in [-0.1, -0.05) is 25.8 Å². The summed E-state index contributed by atoms with van der Waals surface area (Å²) in [4.78, 5) is 15.3. The Hall–Kier alpha value is -2.28. The normalized spacial score (nSPS) is 10.9. The number of carboxylic acid groups (broad SMARTS) is 1. The van der Waals surface area contributed by atoms with Gasteiger partial charge < -0.3 is 9.67 Å². The van der Waals surface area contributed by atoms with Crippen molar-refractivity contribution in [3.05, 3.63) is 29.6 Å². The van der Waals surface area contributed by atoms with E-state index in [0.717, 1.165) is 16.9 Å². The molecule has 20 heavy (non-hydrogen) atoms. The third kappa shape index (κ3) is 2.83. The molecule has 1 aromatic carbocycles. The zero-order valence-electron chi connectivity index (χ0n) is 11.8. The molecule has 104 valence electrons. The molecule has 0 bridgehead atoms. The predicted octanol–water partition coefficient (Wildman–Crippen LogP) is 2.81. The van der Waals surface area contributed by atoms with Gasteiger partial charge in [0, 0.05) is 6.42 Å². The number of imidazole rings is 1. The van der Waals surface area contributed by atoms with Gasteiger partial charge in [0.15, 0.2) is 0 Å². The number of rotatable bonds is 5. The highest BCUT2D eigenvalue weighted by Gasteiger charge is 2.12. The van der Waals surface area contributed by atoms with Crippen molar-refractivity contribution in [1.82, 2.24) is 9.55 Å². The molecule has 2 rings (SSSR count). The highest BCUT2D eigenvalue weighted by molar-refractivity contribution is 5.77. The predicted molar refractivity (Wildman–Crippen MR) is 78.6 cm³/mol. The Bertz CT molecular complexity index is 678. The second-order valence-corrected chi connectivity index (χ2v) is 5.11. The van der Waals surface area contributed by atoms with Crippen LogP contribution in [0.2, 0.25) is 0 Å². The summed E-state index contributed by atoms with van der Waals surface area (Å²) in [6.07, 6.45) is 5.85. The van der Waals surface area contributed by atoms with Crippen LogP contribution in [0.15, 0.2) is 18.2 Å². The first-order valence-corrected chi connectivity index (χ1v) is 6.67. The van der Waals surface area contributed by atoms with Gasteiger partial charge in [0.25, 0.3) is 0 Å². The number of carboxylic acids is 1. The van der Waals surface area contributed by atoms with Crippen LogP contribution in [0.5, 0.6) is 0 Å². The van der Waals surface area contributed by atoms with Gasteiger partial charge in [0.2, 0.25) is 0 Å². The van der Waals surface area contributed by atoms with Crippen LogP contribution in [0.25, 0.3) is 11.0 Å². The SMILES string of the molecule is C#CCn1c(CCC(=O)O)nc2cc(C(C)C)ccc21. The van der Waals surface area contributed by atoms with Gasteiger partial charge in [-0.05, 0) is 23.6 Å². The largest absolute Gasteiger partial charge is 0.481 e. The zero-order chi connectivity index (χ0) is 14.7. The number of hydrogen-bond acceptors (Lipinski definition) is 2. The van der Waals surface area contributed by atoms with E-state index >= 15 is 0 Å². The Morgan fingerprint density at radius 2 is 2.25 bits per heavy atom. The van der Waals surface area contributed by atoms with Gasteiger partial charge >= 0.3 is 5.97 Å². The summed E-state index contributed by atoms with van der Waals surface area (Å²) in [5.41, 5.74) is 3.06. The number of fused-ring (bicyclic) bond motifs is 1. The van der Waals surface area contributed by atoms with Crippen molar-refractivity contribution in [3.8, 4) is 12.3 Å². The van der Waals surface area contributed by atoms with E-state index in [4.69, 9.17) is 11.5 Å². The molecule has 0 unspecified atom stereocenters. The van der Waals surface area contributed by atoms with Crippen LogP contribution >= 0.6 is 0 Å². The summed E-state index contributed by atoms with van der Waals surface area (Å²) in [6.45, 7) is 4.67. The van der Waals surface area contributed by atoms with Gasteiger partial charge in [0.1, 0.15) is 5.82 Å². The average molecular weight is 270 g/mol. The summed E-state index contributed by atoms with van der Waals surface area (Å²) in [6, 6.07) is 6.14. The Morgan fingerprint density at radius 3 is 2.85 bits per heavy atom. The van der Waals surface area contributed by atoms with E-state index in [-0.39, 0.29) is 6.42 Å². The lowest BCUT2D eigenvalue weighted by molar-refractivity contribution is -0.137. The van der Waals surface area contributed by atoms with Crippen LogP contribution in [0.1, 0.15) is 37.6 Å². The maximum atomic E-state index is 10.7. The minimum Gasteiger partial charge on any atom is -0.481 e. The lowest BCUT2D eigenvalue weighted by atomic mass is 10.0. The molecular weight excluding hydrogens is 252 g/mol. The minimum atomic E-state index is -0.827.